The van der Waals surface area contributed by atoms with Crippen LogP contribution < -0.4 is 0 Å². The summed E-state index contributed by atoms with van der Waals surface area (Å²) in [5, 5.41) is 9.44. The molecule has 0 spiro atoms. The van der Waals surface area contributed by atoms with Crippen molar-refractivity contribution in [3.63, 3.8) is 0 Å². The molecule has 0 aliphatic carbocycles. The Kier molecular flexibility index (Phi) is 8.75. The largest absolute Gasteiger partial charge is 0.494 e. The van der Waals surface area contributed by atoms with Crippen LogP contribution in [0.5, 0.6) is 0 Å². The predicted octanol–water partition coefficient (Wildman–Crippen LogP) is 5.76. The van der Waals surface area contributed by atoms with E-state index >= 15 is 0 Å². The zero-order valence-corrected chi connectivity index (χ0v) is 21.4. The maximum Gasteiger partial charge on any atom is 0.494 e. The first kappa shape index (κ1) is 26.9. The number of aliphatic hydroxyl groups is 1. The van der Waals surface area contributed by atoms with Gasteiger partial charge in [0.15, 0.2) is 6.10 Å². The third kappa shape index (κ3) is 6.51. The molecular weight excluding hydrogens is 445 g/mol. The maximum atomic E-state index is 12.8. The first-order valence-corrected chi connectivity index (χ1v) is 12.1. The molecule has 8 heteroatoms. The number of pyridine rings is 1. The molecule has 2 aromatic rings. The lowest BCUT2D eigenvalue weighted by Crippen LogP contribution is -2.41. The Morgan fingerprint density at radius 1 is 1.17 bits per heavy atom. The fourth-order valence-electron chi connectivity index (χ4n) is 3.71. The Bertz CT molecular complexity index is 1030. The summed E-state index contributed by atoms with van der Waals surface area (Å²) in [6.07, 6.45) is 7.49. The number of allylic oxidation sites excluding steroid dienone is 2. The van der Waals surface area contributed by atoms with Crippen LogP contribution in [0.2, 0.25) is 0 Å². The summed E-state index contributed by atoms with van der Waals surface area (Å²) in [5.74, 6) is 0.349. The van der Waals surface area contributed by atoms with Crippen molar-refractivity contribution >= 4 is 13.1 Å². The fraction of sp³-hybridized carbons (Fsp3) is 0.481. The molecule has 35 heavy (non-hydrogen) atoms. The second kappa shape index (κ2) is 11.4. The molecule has 1 N–H and O–H groups in total. The smallest absolute Gasteiger partial charge is 0.460 e. The summed E-state index contributed by atoms with van der Waals surface area (Å²) >= 11 is 0. The molecule has 188 valence electrons. The van der Waals surface area contributed by atoms with Gasteiger partial charge in [0.05, 0.1) is 16.8 Å². The van der Waals surface area contributed by atoms with Crippen LogP contribution >= 0.6 is 0 Å². The molecule has 7 nitrogen and oxygen atoms in total. The van der Waals surface area contributed by atoms with Gasteiger partial charge in [-0.3, -0.25) is 4.98 Å². The number of aromatic nitrogens is 1. The molecule has 0 aromatic carbocycles. The summed E-state index contributed by atoms with van der Waals surface area (Å²) in [5.41, 5.74) is 1.18. The van der Waals surface area contributed by atoms with Crippen molar-refractivity contribution in [3.8, 4) is 0 Å². The minimum absolute atomic E-state index is 0.242. The van der Waals surface area contributed by atoms with Gasteiger partial charge in [0.1, 0.15) is 18.1 Å². The number of hydrogen-bond donors (Lipinski definition) is 1. The summed E-state index contributed by atoms with van der Waals surface area (Å²) in [6.45, 7) is 14.2. The van der Waals surface area contributed by atoms with Crippen molar-refractivity contribution in [2.24, 2.45) is 0 Å². The Hall–Kier alpha value is -2.68. The van der Waals surface area contributed by atoms with Gasteiger partial charge >= 0.3 is 13.1 Å². The number of rotatable bonds is 11. The Labute approximate surface area is 208 Å². The van der Waals surface area contributed by atoms with E-state index in [4.69, 9.17) is 18.5 Å². The number of unbranched alkanes of at least 4 members (excludes halogenated alkanes) is 1. The minimum atomic E-state index is -0.715. The quantitative estimate of drug-likeness (QED) is 0.248. The molecule has 0 unspecified atom stereocenters. The lowest BCUT2D eigenvalue weighted by Gasteiger charge is -2.32. The highest BCUT2D eigenvalue weighted by Crippen LogP contribution is 2.40. The Morgan fingerprint density at radius 3 is 2.40 bits per heavy atom. The normalized spacial score (nSPS) is 17.9. The summed E-state index contributed by atoms with van der Waals surface area (Å²) in [7, 11) is -0.578. The first-order chi connectivity index (χ1) is 16.6. The molecular formula is C27H36BNO6. The molecule has 2 aromatic heterocycles. The highest BCUT2D eigenvalue weighted by atomic mass is 16.7. The summed E-state index contributed by atoms with van der Waals surface area (Å²) in [4.78, 5) is 16.8. The molecule has 3 rings (SSSR count). The van der Waals surface area contributed by atoms with Gasteiger partial charge in [-0.25, -0.2) is 4.79 Å². The van der Waals surface area contributed by atoms with Crippen LogP contribution in [-0.2, 0) is 20.7 Å². The summed E-state index contributed by atoms with van der Waals surface area (Å²) < 4.78 is 24.2. The van der Waals surface area contributed by atoms with Gasteiger partial charge in [-0.2, -0.15) is 0 Å². The van der Waals surface area contributed by atoms with Gasteiger partial charge in [-0.1, -0.05) is 31.6 Å². The van der Waals surface area contributed by atoms with Crippen LogP contribution in [0.3, 0.4) is 0 Å². The Balaban J connectivity index is 1.90. The number of aliphatic hydroxyl groups excluding tert-OH is 1. The molecule has 1 aliphatic heterocycles. The van der Waals surface area contributed by atoms with Gasteiger partial charge in [-0.15, -0.1) is 0 Å². The third-order valence-corrected chi connectivity index (χ3v) is 6.62. The van der Waals surface area contributed by atoms with Crippen LogP contribution in [0.25, 0.3) is 0 Å². The highest BCUT2D eigenvalue weighted by molar-refractivity contribution is 6.56. The number of furan rings is 1. The third-order valence-electron chi connectivity index (χ3n) is 6.62. The van der Waals surface area contributed by atoms with Gasteiger partial charge in [0.25, 0.3) is 0 Å². The number of esters is 1. The zero-order chi connectivity index (χ0) is 25.6. The van der Waals surface area contributed by atoms with E-state index in [9.17, 15) is 9.90 Å². The number of carbonyl (C=O) groups excluding carboxylic acids is 1. The van der Waals surface area contributed by atoms with Crippen molar-refractivity contribution in [3.05, 3.63) is 77.4 Å². The van der Waals surface area contributed by atoms with Crippen molar-refractivity contribution < 1.29 is 28.4 Å². The SMILES string of the molecule is C=C(CCCC)/C(=C/C[C@@H](OC(=O)c1ccncc1)c1ccc(CO)o1)B1OC(C)(C)C(C)(C)O1. The van der Waals surface area contributed by atoms with Crippen molar-refractivity contribution in [2.75, 3.05) is 0 Å². The van der Waals surface area contributed by atoms with Gasteiger partial charge < -0.3 is 23.6 Å². The number of carbonyl (C=O) groups is 1. The van der Waals surface area contributed by atoms with E-state index in [1.807, 2.05) is 33.8 Å². The van der Waals surface area contributed by atoms with Crippen molar-refractivity contribution in [1.29, 1.82) is 0 Å². The average molecular weight is 481 g/mol. The second-order valence-electron chi connectivity index (χ2n) is 9.78. The van der Waals surface area contributed by atoms with Crippen LogP contribution in [0, 0.1) is 0 Å². The van der Waals surface area contributed by atoms with Gasteiger partial charge in [0.2, 0.25) is 0 Å². The molecule has 0 amide bonds. The van der Waals surface area contributed by atoms with Gasteiger partial charge in [-0.05, 0) is 70.3 Å². The topological polar surface area (TPSA) is 91.0 Å². The van der Waals surface area contributed by atoms with Crippen LogP contribution in [0.15, 0.2) is 64.8 Å². The fourth-order valence-corrected chi connectivity index (χ4v) is 3.71. The van der Waals surface area contributed by atoms with Gasteiger partial charge in [0, 0.05) is 18.8 Å². The molecule has 1 atom stereocenters. The van der Waals surface area contributed by atoms with E-state index in [2.05, 4.69) is 18.5 Å². The molecule has 3 heterocycles. The van der Waals surface area contributed by atoms with E-state index in [0.717, 1.165) is 30.3 Å². The van der Waals surface area contributed by atoms with Crippen molar-refractivity contribution in [2.45, 2.75) is 84.2 Å². The Morgan fingerprint density at radius 2 is 1.83 bits per heavy atom. The first-order valence-electron chi connectivity index (χ1n) is 12.1. The molecule has 1 saturated heterocycles. The highest BCUT2D eigenvalue weighted by Gasteiger charge is 2.52. The van der Waals surface area contributed by atoms with Crippen molar-refractivity contribution in [1.82, 2.24) is 4.98 Å². The monoisotopic (exact) mass is 481 g/mol. The van der Waals surface area contributed by atoms with E-state index < -0.39 is 30.4 Å². The number of hydrogen-bond acceptors (Lipinski definition) is 7. The van der Waals surface area contributed by atoms with E-state index in [0.29, 0.717) is 23.5 Å². The molecule has 0 saturated carbocycles. The maximum absolute atomic E-state index is 12.8. The lowest BCUT2D eigenvalue weighted by atomic mass is 9.72. The lowest BCUT2D eigenvalue weighted by molar-refractivity contribution is 0.00578. The van der Waals surface area contributed by atoms with Crippen LogP contribution in [0.4, 0.5) is 0 Å². The molecule has 1 aliphatic rings. The molecule has 1 fully saturated rings. The average Bonchev–Trinajstić information content (AvgIpc) is 3.38. The summed E-state index contributed by atoms with van der Waals surface area (Å²) in [6, 6.07) is 6.57. The number of nitrogens with zero attached hydrogens (tertiary/aromatic N) is 1. The number of ether oxygens (including phenoxy) is 1. The minimum Gasteiger partial charge on any atom is -0.460 e. The molecule has 0 bridgehead atoms. The standard InChI is InChI=1S/C27H36BNO6/c1-7-8-9-19(2)22(28-34-26(3,4)27(5,6)35-28)11-13-24(23-12-10-21(18-30)32-23)33-25(31)20-14-16-29-17-15-20/h10-12,14-17,24,30H,2,7-9,13,18H2,1,3-6H3/b22-11-/t24-/m1/s1. The predicted molar refractivity (Wildman–Crippen MR) is 134 cm³/mol. The zero-order valence-electron chi connectivity index (χ0n) is 21.4. The van der Waals surface area contributed by atoms with Crippen LogP contribution in [-0.4, -0.2) is 34.4 Å². The molecule has 0 radical (unpaired) electrons. The van der Waals surface area contributed by atoms with Crippen LogP contribution in [0.1, 0.15) is 88.3 Å². The van der Waals surface area contributed by atoms with E-state index in [-0.39, 0.29) is 6.61 Å². The second-order valence-corrected chi connectivity index (χ2v) is 9.78. The van der Waals surface area contributed by atoms with E-state index in [1.54, 1.807) is 24.3 Å². The van der Waals surface area contributed by atoms with E-state index in [1.165, 1.54) is 12.4 Å².